The van der Waals surface area contributed by atoms with Crippen LogP contribution in [0, 0.1) is 10.1 Å². The highest BCUT2D eigenvalue weighted by Gasteiger charge is 2.29. The van der Waals surface area contributed by atoms with Crippen LogP contribution in [0.3, 0.4) is 0 Å². The van der Waals surface area contributed by atoms with Crippen LogP contribution >= 0.6 is 0 Å². The molecular formula is C13H15N3O4. The summed E-state index contributed by atoms with van der Waals surface area (Å²) < 4.78 is 0. The first kappa shape index (κ1) is 14.0. The SMILES string of the molecule is CCNc1ccc([N+](=O)[O-])cc1CN1C(=O)CCC1=O. The number of carbonyl (C=O) groups excluding carboxylic acids is 2. The van der Waals surface area contributed by atoms with Gasteiger partial charge in [-0.2, -0.15) is 0 Å². The summed E-state index contributed by atoms with van der Waals surface area (Å²) in [5.41, 5.74) is 1.22. The van der Waals surface area contributed by atoms with Gasteiger partial charge in [0.25, 0.3) is 5.69 Å². The lowest BCUT2D eigenvalue weighted by atomic mass is 10.1. The van der Waals surface area contributed by atoms with Crippen molar-refractivity contribution in [2.24, 2.45) is 0 Å². The van der Waals surface area contributed by atoms with E-state index >= 15 is 0 Å². The van der Waals surface area contributed by atoms with Crippen LogP contribution in [-0.4, -0.2) is 28.2 Å². The lowest BCUT2D eigenvalue weighted by molar-refractivity contribution is -0.384. The minimum atomic E-state index is -0.493. The highest BCUT2D eigenvalue weighted by Crippen LogP contribution is 2.25. The van der Waals surface area contributed by atoms with Gasteiger partial charge >= 0.3 is 0 Å². The van der Waals surface area contributed by atoms with Crippen LogP contribution < -0.4 is 5.32 Å². The molecule has 2 amide bonds. The molecule has 1 heterocycles. The monoisotopic (exact) mass is 277 g/mol. The Bertz CT molecular complexity index is 555. The molecule has 0 spiro atoms. The Hall–Kier alpha value is -2.44. The first-order valence-electron chi connectivity index (χ1n) is 6.37. The summed E-state index contributed by atoms with van der Waals surface area (Å²) in [7, 11) is 0. The molecule has 0 bridgehead atoms. The van der Waals surface area contributed by atoms with Gasteiger partial charge in [0, 0.05) is 42.8 Å². The van der Waals surface area contributed by atoms with E-state index in [1.165, 1.54) is 12.1 Å². The number of hydrogen-bond acceptors (Lipinski definition) is 5. The molecule has 106 valence electrons. The zero-order valence-electron chi connectivity index (χ0n) is 11.1. The second kappa shape index (κ2) is 5.68. The van der Waals surface area contributed by atoms with Gasteiger partial charge in [-0.3, -0.25) is 24.6 Å². The molecule has 0 aromatic heterocycles. The second-order valence-electron chi connectivity index (χ2n) is 4.50. The molecule has 0 radical (unpaired) electrons. The summed E-state index contributed by atoms with van der Waals surface area (Å²) in [6, 6.07) is 4.40. The molecule has 0 atom stereocenters. The average molecular weight is 277 g/mol. The van der Waals surface area contributed by atoms with Crippen LogP contribution in [0.15, 0.2) is 18.2 Å². The number of benzene rings is 1. The van der Waals surface area contributed by atoms with E-state index in [9.17, 15) is 19.7 Å². The van der Waals surface area contributed by atoms with Gasteiger partial charge in [-0.25, -0.2) is 0 Å². The van der Waals surface area contributed by atoms with E-state index in [1.807, 2.05) is 6.92 Å². The summed E-state index contributed by atoms with van der Waals surface area (Å²) in [6.07, 6.45) is 0.425. The Balaban J connectivity index is 2.32. The Labute approximate surface area is 115 Å². The van der Waals surface area contributed by atoms with Gasteiger partial charge < -0.3 is 5.32 Å². The van der Waals surface area contributed by atoms with Crippen LogP contribution in [0.4, 0.5) is 11.4 Å². The number of rotatable bonds is 5. The fourth-order valence-corrected chi connectivity index (χ4v) is 2.16. The second-order valence-corrected chi connectivity index (χ2v) is 4.50. The van der Waals surface area contributed by atoms with Gasteiger partial charge in [0.05, 0.1) is 11.5 Å². The van der Waals surface area contributed by atoms with Crippen molar-refractivity contribution in [1.29, 1.82) is 0 Å². The number of nitrogens with zero attached hydrogens (tertiary/aromatic N) is 2. The van der Waals surface area contributed by atoms with Crippen molar-refractivity contribution in [2.75, 3.05) is 11.9 Å². The maximum Gasteiger partial charge on any atom is 0.269 e. The molecule has 0 aliphatic carbocycles. The fraction of sp³-hybridized carbons (Fsp3) is 0.385. The minimum Gasteiger partial charge on any atom is -0.385 e. The Morgan fingerprint density at radius 3 is 2.50 bits per heavy atom. The standard InChI is InChI=1S/C13H15N3O4/c1-2-14-11-4-3-10(16(19)20)7-9(11)8-15-12(17)5-6-13(15)18/h3-4,7,14H,2,5-6,8H2,1H3. The van der Waals surface area contributed by atoms with Crippen LogP contribution in [0.1, 0.15) is 25.3 Å². The Kier molecular flexibility index (Phi) is 3.97. The van der Waals surface area contributed by atoms with Crippen molar-refractivity contribution in [2.45, 2.75) is 26.3 Å². The first-order chi connectivity index (χ1) is 9.52. The molecule has 2 rings (SSSR count). The number of nitrogens with one attached hydrogen (secondary N) is 1. The van der Waals surface area contributed by atoms with E-state index in [4.69, 9.17) is 0 Å². The third-order valence-electron chi connectivity index (χ3n) is 3.15. The van der Waals surface area contributed by atoms with Gasteiger partial charge in [0.2, 0.25) is 11.8 Å². The molecule has 20 heavy (non-hydrogen) atoms. The molecule has 1 N–H and O–H groups in total. The molecule has 1 fully saturated rings. The molecule has 1 saturated heterocycles. The van der Waals surface area contributed by atoms with Gasteiger partial charge in [-0.15, -0.1) is 0 Å². The summed E-state index contributed by atoms with van der Waals surface area (Å²) in [5.74, 6) is -0.465. The molecular weight excluding hydrogens is 262 g/mol. The number of imide groups is 1. The van der Waals surface area contributed by atoms with Crippen molar-refractivity contribution in [3.8, 4) is 0 Å². The number of hydrogen-bond donors (Lipinski definition) is 1. The van der Waals surface area contributed by atoms with Crippen molar-refractivity contribution >= 4 is 23.2 Å². The topological polar surface area (TPSA) is 92.6 Å². The Morgan fingerprint density at radius 1 is 1.30 bits per heavy atom. The smallest absolute Gasteiger partial charge is 0.269 e. The normalized spacial score (nSPS) is 14.8. The lowest BCUT2D eigenvalue weighted by Crippen LogP contribution is -2.28. The number of amides is 2. The number of nitro groups is 1. The number of nitro benzene ring substituents is 1. The predicted octanol–water partition coefficient (Wildman–Crippen LogP) is 1.68. The summed E-state index contributed by atoms with van der Waals surface area (Å²) >= 11 is 0. The zero-order valence-corrected chi connectivity index (χ0v) is 11.1. The summed E-state index contributed by atoms with van der Waals surface area (Å²) in [6.45, 7) is 2.62. The van der Waals surface area contributed by atoms with Crippen molar-refractivity contribution in [1.82, 2.24) is 4.90 Å². The first-order valence-corrected chi connectivity index (χ1v) is 6.37. The van der Waals surface area contributed by atoms with Crippen LogP contribution in [0.25, 0.3) is 0 Å². The van der Waals surface area contributed by atoms with E-state index in [-0.39, 0.29) is 36.9 Å². The molecule has 1 aromatic rings. The van der Waals surface area contributed by atoms with Gasteiger partial charge in [0.1, 0.15) is 0 Å². The third-order valence-corrected chi connectivity index (χ3v) is 3.15. The highest BCUT2D eigenvalue weighted by molar-refractivity contribution is 6.01. The van der Waals surface area contributed by atoms with Crippen molar-refractivity contribution in [3.05, 3.63) is 33.9 Å². The van der Waals surface area contributed by atoms with E-state index < -0.39 is 4.92 Å². The van der Waals surface area contributed by atoms with Crippen LogP contribution in [0.2, 0.25) is 0 Å². The quantitative estimate of drug-likeness (QED) is 0.502. The summed E-state index contributed by atoms with van der Waals surface area (Å²) in [5, 5.41) is 13.9. The number of likely N-dealkylation sites (tertiary alicyclic amines) is 1. The lowest BCUT2D eigenvalue weighted by Gasteiger charge is -2.17. The van der Waals surface area contributed by atoms with E-state index in [1.54, 1.807) is 6.07 Å². The maximum absolute atomic E-state index is 11.6. The fourth-order valence-electron chi connectivity index (χ4n) is 2.16. The van der Waals surface area contributed by atoms with E-state index in [0.29, 0.717) is 17.8 Å². The Morgan fingerprint density at radius 2 is 1.95 bits per heavy atom. The maximum atomic E-state index is 11.6. The van der Waals surface area contributed by atoms with E-state index in [0.717, 1.165) is 4.90 Å². The van der Waals surface area contributed by atoms with Crippen LogP contribution in [0.5, 0.6) is 0 Å². The molecule has 0 unspecified atom stereocenters. The number of carbonyl (C=O) groups is 2. The number of non-ortho nitro benzene ring substituents is 1. The van der Waals surface area contributed by atoms with Gasteiger partial charge in [-0.1, -0.05) is 0 Å². The minimum absolute atomic E-state index is 0.0549. The average Bonchev–Trinajstić information content (AvgIpc) is 2.72. The van der Waals surface area contributed by atoms with Gasteiger partial charge in [0.15, 0.2) is 0 Å². The molecule has 0 saturated carbocycles. The highest BCUT2D eigenvalue weighted by atomic mass is 16.6. The molecule has 7 heteroatoms. The molecule has 1 aliphatic rings. The third kappa shape index (κ3) is 2.76. The van der Waals surface area contributed by atoms with Crippen molar-refractivity contribution < 1.29 is 14.5 Å². The van der Waals surface area contributed by atoms with Crippen LogP contribution in [-0.2, 0) is 16.1 Å². The molecule has 1 aromatic carbocycles. The summed E-state index contributed by atoms with van der Waals surface area (Å²) in [4.78, 5) is 34.7. The van der Waals surface area contributed by atoms with Crippen molar-refractivity contribution in [3.63, 3.8) is 0 Å². The zero-order chi connectivity index (χ0) is 14.7. The molecule has 1 aliphatic heterocycles. The predicted molar refractivity (Wildman–Crippen MR) is 72.1 cm³/mol. The number of anilines is 1. The largest absolute Gasteiger partial charge is 0.385 e. The van der Waals surface area contributed by atoms with E-state index in [2.05, 4.69) is 5.32 Å². The van der Waals surface area contributed by atoms with Gasteiger partial charge in [-0.05, 0) is 13.0 Å². The molecule has 7 nitrogen and oxygen atoms in total.